The Bertz CT molecular complexity index is 251. The second-order valence-electron chi connectivity index (χ2n) is 5.03. The normalized spacial score (nSPS) is 14.8. The summed E-state index contributed by atoms with van der Waals surface area (Å²) in [5.41, 5.74) is 0. The van der Waals surface area contributed by atoms with Crippen LogP contribution in [0, 0.1) is 11.8 Å². The fourth-order valence-electron chi connectivity index (χ4n) is 1.67. The molecule has 106 valence electrons. The average Bonchev–Trinajstić information content (AvgIpc) is 2.20. The number of rotatable bonds is 9. The first-order chi connectivity index (χ1) is 8.27. The van der Waals surface area contributed by atoms with Crippen molar-refractivity contribution in [2.24, 2.45) is 11.8 Å². The van der Waals surface area contributed by atoms with Gasteiger partial charge in [0.15, 0.2) is 0 Å². The van der Waals surface area contributed by atoms with Crippen molar-refractivity contribution in [2.75, 3.05) is 13.1 Å². The average molecular weight is 260 g/mol. The third-order valence-electron chi connectivity index (χ3n) is 2.72. The Morgan fingerprint density at radius 1 is 0.833 bits per heavy atom. The van der Waals surface area contributed by atoms with Crippen LogP contribution in [-0.2, 0) is 9.59 Å². The zero-order valence-corrected chi connectivity index (χ0v) is 11.4. The van der Waals surface area contributed by atoms with Crippen molar-refractivity contribution in [2.45, 2.75) is 39.8 Å². The van der Waals surface area contributed by atoms with Gasteiger partial charge in [-0.05, 0) is 11.8 Å². The molecule has 0 aliphatic heterocycles. The highest BCUT2D eigenvalue weighted by molar-refractivity contribution is 5.74. The number of carbonyl (C=O) groups is 2. The summed E-state index contributed by atoms with van der Waals surface area (Å²) in [6, 6.07) is -1.21. The molecule has 6 heteroatoms. The van der Waals surface area contributed by atoms with Crippen molar-refractivity contribution in [1.29, 1.82) is 0 Å². The molecule has 0 bridgehead atoms. The minimum atomic E-state index is -0.886. The van der Waals surface area contributed by atoms with Gasteiger partial charge in [0.05, 0.1) is 0 Å². The van der Waals surface area contributed by atoms with Crippen molar-refractivity contribution < 1.29 is 19.8 Å². The molecule has 0 spiro atoms. The Morgan fingerprint density at radius 2 is 1.11 bits per heavy atom. The molecule has 18 heavy (non-hydrogen) atoms. The van der Waals surface area contributed by atoms with E-state index in [1.54, 1.807) is 0 Å². The lowest BCUT2D eigenvalue weighted by atomic mass is 10.0. The quantitative estimate of drug-likeness (QED) is 0.447. The van der Waals surface area contributed by atoms with E-state index in [-0.39, 0.29) is 11.8 Å². The molecular weight excluding hydrogens is 236 g/mol. The van der Waals surface area contributed by atoms with Gasteiger partial charge in [0.25, 0.3) is 0 Å². The molecule has 4 N–H and O–H groups in total. The van der Waals surface area contributed by atoms with E-state index in [9.17, 15) is 9.59 Å². The van der Waals surface area contributed by atoms with Gasteiger partial charge in [-0.2, -0.15) is 0 Å². The molecule has 0 aliphatic carbocycles. The molecule has 2 unspecified atom stereocenters. The largest absolute Gasteiger partial charge is 0.480 e. The fourth-order valence-corrected chi connectivity index (χ4v) is 1.67. The lowest BCUT2D eigenvalue weighted by Crippen LogP contribution is -2.47. The molecule has 0 saturated carbocycles. The van der Waals surface area contributed by atoms with Crippen molar-refractivity contribution >= 4 is 11.9 Å². The standard InChI is InChI=1S/C12H24N2O4/c1-7(2)9(11(15)16)13-5-6-14-10(8(3)4)12(17)18/h7-10,13-14H,5-6H2,1-4H3,(H,15,16)(H,17,18). The molecule has 0 fully saturated rings. The van der Waals surface area contributed by atoms with E-state index < -0.39 is 24.0 Å². The first-order valence-corrected chi connectivity index (χ1v) is 6.19. The van der Waals surface area contributed by atoms with Crippen LogP contribution in [0.3, 0.4) is 0 Å². The van der Waals surface area contributed by atoms with Gasteiger partial charge < -0.3 is 20.8 Å². The Hall–Kier alpha value is -1.14. The summed E-state index contributed by atoms with van der Waals surface area (Å²) in [6.07, 6.45) is 0. The molecule has 0 aliphatic rings. The van der Waals surface area contributed by atoms with E-state index in [1.807, 2.05) is 27.7 Å². The van der Waals surface area contributed by atoms with Crippen LogP contribution in [0.1, 0.15) is 27.7 Å². The van der Waals surface area contributed by atoms with E-state index in [0.29, 0.717) is 13.1 Å². The Kier molecular flexibility index (Phi) is 7.54. The molecule has 6 nitrogen and oxygen atoms in total. The predicted octanol–water partition coefficient (Wildman–Crippen LogP) is 0.384. The Balaban J connectivity index is 4.04. The van der Waals surface area contributed by atoms with Crippen LogP contribution >= 0.6 is 0 Å². The molecule has 0 aromatic heterocycles. The minimum Gasteiger partial charge on any atom is -0.480 e. The van der Waals surface area contributed by atoms with Gasteiger partial charge in [-0.3, -0.25) is 9.59 Å². The monoisotopic (exact) mass is 260 g/mol. The maximum atomic E-state index is 10.9. The molecule has 0 amide bonds. The number of nitrogens with one attached hydrogen (secondary N) is 2. The van der Waals surface area contributed by atoms with Gasteiger partial charge in [0, 0.05) is 13.1 Å². The van der Waals surface area contributed by atoms with Crippen LogP contribution in [0.4, 0.5) is 0 Å². The lowest BCUT2D eigenvalue weighted by Gasteiger charge is -2.21. The van der Waals surface area contributed by atoms with Gasteiger partial charge in [-0.25, -0.2) is 0 Å². The first kappa shape index (κ1) is 16.9. The van der Waals surface area contributed by atoms with Crippen molar-refractivity contribution in [3.05, 3.63) is 0 Å². The van der Waals surface area contributed by atoms with E-state index >= 15 is 0 Å². The number of carboxylic acids is 2. The predicted molar refractivity (Wildman–Crippen MR) is 68.5 cm³/mol. The zero-order valence-electron chi connectivity index (χ0n) is 11.4. The van der Waals surface area contributed by atoms with Crippen molar-refractivity contribution in [3.63, 3.8) is 0 Å². The summed E-state index contributed by atoms with van der Waals surface area (Å²) < 4.78 is 0. The number of hydrogen-bond donors (Lipinski definition) is 4. The third-order valence-corrected chi connectivity index (χ3v) is 2.72. The summed E-state index contributed by atoms with van der Waals surface area (Å²) in [5, 5.41) is 23.7. The molecule has 0 rings (SSSR count). The van der Waals surface area contributed by atoms with Crippen LogP contribution in [0.2, 0.25) is 0 Å². The van der Waals surface area contributed by atoms with Gasteiger partial charge in [-0.15, -0.1) is 0 Å². The Morgan fingerprint density at radius 3 is 1.28 bits per heavy atom. The highest BCUT2D eigenvalue weighted by Crippen LogP contribution is 2.02. The number of aliphatic carboxylic acids is 2. The van der Waals surface area contributed by atoms with Gasteiger partial charge >= 0.3 is 11.9 Å². The van der Waals surface area contributed by atoms with Gasteiger partial charge in [-0.1, -0.05) is 27.7 Å². The molecule has 0 heterocycles. The number of hydrogen-bond acceptors (Lipinski definition) is 4. The maximum Gasteiger partial charge on any atom is 0.320 e. The van der Waals surface area contributed by atoms with E-state index in [1.165, 1.54) is 0 Å². The lowest BCUT2D eigenvalue weighted by molar-refractivity contribution is -0.142. The molecular formula is C12H24N2O4. The summed E-state index contributed by atoms with van der Waals surface area (Å²) in [6.45, 7) is 8.15. The van der Waals surface area contributed by atoms with Crippen LogP contribution < -0.4 is 10.6 Å². The number of carboxylic acid groups (broad SMARTS) is 2. The second-order valence-corrected chi connectivity index (χ2v) is 5.03. The zero-order chi connectivity index (χ0) is 14.3. The molecule has 2 atom stereocenters. The maximum absolute atomic E-state index is 10.9. The van der Waals surface area contributed by atoms with Gasteiger partial charge in [0.2, 0.25) is 0 Å². The van der Waals surface area contributed by atoms with E-state index in [4.69, 9.17) is 10.2 Å². The topological polar surface area (TPSA) is 98.7 Å². The Labute approximate surface area is 108 Å². The van der Waals surface area contributed by atoms with Crippen molar-refractivity contribution in [3.8, 4) is 0 Å². The van der Waals surface area contributed by atoms with Gasteiger partial charge in [0.1, 0.15) is 12.1 Å². The molecule has 0 radical (unpaired) electrons. The summed E-state index contributed by atoms with van der Waals surface area (Å²) in [4.78, 5) is 21.8. The van der Waals surface area contributed by atoms with Crippen LogP contribution in [-0.4, -0.2) is 47.3 Å². The SMILES string of the molecule is CC(C)C(NCCNC(C(=O)O)C(C)C)C(=O)O. The highest BCUT2D eigenvalue weighted by atomic mass is 16.4. The molecule has 0 aromatic carbocycles. The third kappa shape index (κ3) is 5.97. The minimum absolute atomic E-state index is 0.0112. The van der Waals surface area contributed by atoms with E-state index in [2.05, 4.69) is 10.6 Å². The fraction of sp³-hybridized carbons (Fsp3) is 0.833. The van der Waals surface area contributed by atoms with Crippen LogP contribution in [0.25, 0.3) is 0 Å². The summed E-state index contributed by atoms with van der Waals surface area (Å²) >= 11 is 0. The molecule has 0 saturated heterocycles. The smallest absolute Gasteiger partial charge is 0.320 e. The summed E-state index contributed by atoms with van der Waals surface area (Å²) in [7, 11) is 0. The van der Waals surface area contributed by atoms with Crippen LogP contribution in [0.15, 0.2) is 0 Å². The second kappa shape index (κ2) is 8.05. The van der Waals surface area contributed by atoms with E-state index in [0.717, 1.165) is 0 Å². The summed E-state index contributed by atoms with van der Waals surface area (Å²) in [5.74, 6) is -1.79. The van der Waals surface area contributed by atoms with Crippen LogP contribution in [0.5, 0.6) is 0 Å². The first-order valence-electron chi connectivity index (χ1n) is 6.19. The van der Waals surface area contributed by atoms with Crippen molar-refractivity contribution in [1.82, 2.24) is 10.6 Å². The highest BCUT2D eigenvalue weighted by Gasteiger charge is 2.22. The molecule has 0 aromatic rings.